The molecule has 1 aliphatic rings. The van der Waals surface area contributed by atoms with Crippen LogP contribution in [0, 0.1) is 6.92 Å². The fraction of sp³-hybridized carbons (Fsp3) is 0.227. The van der Waals surface area contributed by atoms with E-state index in [9.17, 15) is 19.5 Å². The molecule has 3 rings (SSSR count). The highest BCUT2D eigenvalue weighted by Crippen LogP contribution is 2.31. The lowest BCUT2D eigenvalue weighted by Gasteiger charge is -2.13. The summed E-state index contributed by atoms with van der Waals surface area (Å²) >= 11 is 0. The minimum Gasteiger partial charge on any atom is -0.506 e. The predicted octanol–water partition coefficient (Wildman–Crippen LogP) is 4.22. The Morgan fingerprint density at radius 2 is 1.83 bits per heavy atom. The molecular formula is C22H21N3O5. The maximum Gasteiger partial charge on any atom is 0.333 e. The van der Waals surface area contributed by atoms with Crippen LogP contribution in [0.3, 0.4) is 0 Å². The Balaban J connectivity index is 1.69. The van der Waals surface area contributed by atoms with Crippen molar-refractivity contribution in [3.63, 3.8) is 0 Å². The van der Waals surface area contributed by atoms with E-state index in [2.05, 4.69) is 16.8 Å². The highest BCUT2D eigenvalue weighted by Gasteiger charge is 2.35. The molecule has 0 fully saturated rings. The first kappa shape index (κ1) is 20.9. The molecule has 154 valence electrons. The van der Waals surface area contributed by atoms with Crippen LogP contribution >= 0.6 is 0 Å². The number of phenols is 1. The fourth-order valence-corrected chi connectivity index (χ4v) is 2.88. The van der Waals surface area contributed by atoms with E-state index in [1.807, 2.05) is 6.92 Å². The third kappa shape index (κ3) is 4.43. The van der Waals surface area contributed by atoms with Crippen LogP contribution in [0.4, 0.5) is 11.4 Å². The van der Waals surface area contributed by atoms with Crippen molar-refractivity contribution < 1.29 is 24.2 Å². The number of carbonyl (C=O) groups excluding carboxylic acids is 3. The number of fused-ring (bicyclic) bond motifs is 1. The number of azo groups is 1. The molecule has 8 heteroatoms. The summed E-state index contributed by atoms with van der Waals surface area (Å²) in [5.74, 6) is -1.35. The molecule has 2 aromatic carbocycles. The number of aryl methyl sites for hydroxylation is 1. The number of amides is 2. The van der Waals surface area contributed by atoms with E-state index in [-0.39, 0.29) is 35.6 Å². The number of carbonyl (C=O) groups is 3. The van der Waals surface area contributed by atoms with Gasteiger partial charge in [0.15, 0.2) is 0 Å². The smallest absolute Gasteiger partial charge is 0.333 e. The number of nitrogens with zero attached hydrogens (tertiary/aromatic N) is 3. The SMILES string of the molecule is C=C(C)C(=O)OCCCN1C(=O)c2ccc(N=Nc3cc(C)ccc3O)cc2C1=O. The third-order valence-electron chi connectivity index (χ3n) is 4.47. The van der Waals surface area contributed by atoms with Crippen molar-refractivity contribution in [1.29, 1.82) is 0 Å². The second kappa shape index (κ2) is 8.69. The van der Waals surface area contributed by atoms with Gasteiger partial charge >= 0.3 is 5.97 Å². The van der Waals surface area contributed by atoms with Gasteiger partial charge in [-0.3, -0.25) is 14.5 Å². The summed E-state index contributed by atoms with van der Waals surface area (Å²) in [6, 6.07) is 9.57. The molecule has 0 unspecified atom stereocenters. The minimum absolute atomic E-state index is 0.00436. The maximum atomic E-state index is 12.6. The zero-order chi connectivity index (χ0) is 21.8. The second-order valence-electron chi connectivity index (χ2n) is 6.95. The molecular weight excluding hydrogens is 386 g/mol. The number of rotatable bonds is 7. The van der Waals surface area contributed by atoms with E-state index in [1.165, 1.54) is 18.2 Å². The van der Waals surface area contributed by atoms with Gasteiger partial charge < -0.3 is 9.84 Å². The monoisotopic (exact) mass is 407 g/mol. The average Bonchev–Trinajstić information content (AvgIpc) is 2.95. The first-order valence-electron chi connectivity index (χ1n) is 9.32. The molecule has 1 N–H and O–H groups in total. The van der Waals surface area contributed by atoms with Crippen LogP contribution in [0.2, 0.25) is 0 Å². The lowest BCUT2D eigenvalue weighted by atomic mass is 10.1. The summed E-state index contributed by atoms with van der Waals surface area (Å²) in [6.07, 6.45) is 0.323. The molecule has 8 nitrogen and oxygen atoms in total. The lowest BCUT2D eigenvalue weighted by Crippen LogP contribution is -2.31. The number of imide groups is 1. The lowest BCUT2D eigenvalue weighted by molar-refractivity contribution is -0.139. The van der Waals surface area contributed by atoms with Gasteiger partial charge in [0.25, 0.3) is 11.8 Å². The molecule has 0 radical (unpaired) electrons. The largest absolute Gasteiger partial charge is 0.506 e. The molecule has 0 bridgehead atoms. The summed E-state index contributed by atoms with van der Waals surface area (Å²) in [5, 5.41) is 17.9. The van der Waals surface area contributed by atoms with Crippen molar-refractivity contribution in [2.75, 3.05) is 13.2 Å². The van der Waals surface area contributed by atoms with Crippen LogP contribution in [0.25, 0.3) is 0 Å². The molecule has 0 atom stereocenters. The zero-order valence-corrected chi connectivity index (χ0v) is 16.7. The summed E-state index contributed by atoms with van der Waals surface area (Å²) in [4.78, 5) is 37.7. The van der Waals surface area contributed by atoms with Gasteiger partial charge in [-0.2, -0.15) is 5.11 Å². The number of hydrogen-bond donors (Lipinski definition) is 1. The Hall–Kier alpha value is -3.81. The van der Waals surface area contributed by atoms with Crippen LogP contribution in [0.1, 0.15) is 39.6 Å². The van der Waals surface area contributed by atoms with Gasteiger partial charge in [-0.25, -0.2) is 4.79 Å². The number of aromatic hydroxyl groups is 1. The Morgan fingerprint density at radius 3 is 2.57 bits per heavy atom. The normalized spacial score (nSPS) is 13.1. The molecule has 30 heavy (non-hydrogen) atoms. The molecule has 0 aliphatic carbocycles. The quantitative estimate of drug-likeness (QED) is 0.243. The van der Waals surface area contributed by atoms with Crippen molar-refractivity contribution >= 4 is 29.2 Å². The summed E-state index contributed by atoms with van der Waals surface area (Å²) in [7, 11) is 0. The predicted molar refractivity (Wildman–Crippen MR) is 109 cm³/mol. The number of phenolic OH excluding ortho intramolecular Hbond substituents is 1. The number of hydrogen-bond acceptors (Lipinski definition) is 7. The Labute approximate surface area is 173 Å². The molecule has 1 heterocycles. The average molecular weight is 407 g/mol. The minimum atomic E-state index is -0.507. The van der Waals surface area contributed by atoms with Crippen LogP contribution in [0.5, 0.6) is 5.75 Å². The maximum absolute atomic E-state index is 12.6. The molecule has 0 saturated heterocycles. The van der Waals surface area contributed by atoms with E-state index in [1.54, 1.807) is 25.1 Å². The highest BCUT2D eigenvalue weighted by atomic mass is 16.5. The fourth-order valence-electron chi connectivity index (χ4n) is 2.88. The Bertz CT molecular complexity index is 1070. The van der Waals surface area contributed by atoms with E-state index < -0.39 is 17.8 Å². The van der Waals surface area contributed by atoms with Crippen molar-refractivity contribution in [3.8, 4) is 5.75 Å². The van der Waals surface area contributed by atoms with Crippen molar-refractivity contribution in [2.45, 2.75) is 20.3 Å². The first-order valence-corrected chi connectivity index (χ1v) is 9.32. The van der Waals surface area contributed by atoms with Gasteiger partial charge in [-0.15, -0.1) is 5.11 Å². The number of esters is 1. The summed E-state index contributed by atoms with van der Waals surface area (Å²) in [6.45, 7) is 7.11. The van der Waals surface area contributed by atoms with Crippen molar-refractivity contribution in [1.82, 2.24) is 4.90 Å². The van der Waals surface area contributed by atoms with Crippen LogP contribution in [0.15, 0.2) is 58.8 Å². The Kier molecular flexibility index (Phi) is 6.06. The van der Waals surface area contributed by atoms with Gasteiger partial charge in [0.2, 0.25) is 0 Å². The molecule has 0 aromatic heterocycles. The van der Waals surface area contributed by atoms with Crippen molar-refractivity contribution in [3.05, 3.63) is 65.2 Å². The van der Waals surface area contributed by atoms with E-state index in [0.29, 0.717) is 17.8 Å². The molecule has 0 spiro atoms. The van der Waals surface area contributed by atoms with Crippen molar-refractivity contribution in [2.24, 2.45) is 10.2 Å². The zero-order valence-electron chi connectivity index (χ0n) is 16.7. The Morgan fingerprint density at radius 1 is 1.10 bits per heavy atom. The number of ether oxygens (including phenoxy) is 1. The molecule has 2 aromatic rings. The first-order chi connectivity index (χ1) is 14.3. The molecule has 0 saturated carbocycles. The van der Waals surface area contributed by atoms with Gasteiger partial charge in [0.05, 0.1) is 23.4 Å². The van der Waals surface area contributed by atoms with E-state index in [0.717, 1.165) is 10.5 Å². The van der Waals surface area contributed by atoms with Gasteiger partial charge in [-0.05, 0) is 56.2 Å². The van der Waals surface area contributed by atoms with Crippen LogP contribution in [-0.2, 0) is 9.53 Å². The summed E-state index contributed by atoms with van der Waals surface area (Å²) < 4.78 is 4.99. The third-order valence-corrected chi connectivity index (χ3v) is 4.47. The van der Waals surface area contributed by atoms with E-state index >= 15 is 0 Å². The summed E-state index contributed by atoms with van der Waals surface area (Å²) in [5.41, 5.74) is 2.43. The standard InChI is InChI=1S/C22H21N3O5/c1-13(2)22(29)30-10-4-9-25-20(27)16-7-6-15(12-17(16)21(25)28)23-24-18-11-14(3)5-8-19(18)26/h5-8,11-12,26H,1,4,9-10H2,2-3H3. The van der Waals surface area contributed by atoms with Crippen LogP contribution < -0.4 is 0 Å². The highest BCUT2D eigenvalue weighted by molar-refractivity contribution is 6.21. The molecule has 2 amide bonds. The van der Waals surface area contributed by atoms with Gasteiger partial charge in [-0.1, -0.05) is 12.6 Å². The molecule has 1 aliphatic heterocycles. The van der Waals surface area contributed by atoms with E-state index in [4.69, 9.17) is 4.74 Å². The topological polar surface area (TPSA) is 109 Å². The van der Waals surface area contributed by atoms with Gasteiger partial charge in [0.1, 0.15) is 11.4 Å². The number of benzene rings is 2. The second-order valence-corrected chi connectivity index (χ2v) is 6.95. The van der Waals surface area contributed by atoms with Gasteiger partial charge in [0, 0.05) is 12.1 Å². The van der Waals surface area contributed by atoms with Crippen LogP contribution in [-0.4, -0.2) is 40.9 Å².